The summed E-state index contributed by atoms with van der Waals surface area (Å²) >= 11 is 0. The average Bonchev–Trinajstić information content (AvgIpc) is 3.10. The minimum atomic E-state index is -0.534. The number of fused-ring (bicyclic) bond motifs is 3. The fourth-order valence-electron chi connectivity index (χ4n) is 3.83. The molecule has 34 heavy (non-hydrogen) atoms. The lowest BCUT2D eigenvalue weighted by Crippen LogP contribution is -2.10. The zero-order chi connectivity index (χ0) is 24.4. The number of carbonyl (C=O) groups is 3. The van der Waals surface area contributed by atoms with Crippen LogP contribution in [0.1, 0.15) is 51.6 Å². The van der Waals surface area contributed by atoms with E-state index in [0.717, 1.165) is 28.5 Å². The van der Waals surface area contributed by atoms with Crippen LogP contribution in [-0.2, 0) is 9.53 Å². The lowest BCUT2D eigenvalue weighted by atomic mass is 9.98. The second kappa shape index (κ2) is 9.19. The molecule has 0 bridgehead atoms. The molecule has 6 nitrogen and oxygen atoms in total. The molecule has 1 aliphatic rings. The maximum Gasteiger partial charge on any atom is 0.343 e. The number of rotatable bonds is 6. The Hall–Kier alpha value is -4.45. The van der Waals surface area contributed by atoms with Crippen LogP contribution < -0.4 is 9.47 Å². The van der Waals surface area contributed by atoms with Crippen molar-refractivity contribution < 1.29 is 28.6 Å². The Balaban J connectivity index is 1.51. The van der Waals surface area contributed by atoms with E-state index in [-0.39, 0.29) is 11.5 Å². The normalized spacial score (nSPS) is 13.3. The van der Waals surface area contributed by atoms with E-state index in [2.05, 4.69) is 13.2 Å². The van der Waals surface area contributed by atoms with Gasteiger partial charge < -0.3 is 14.2 Å². The first-order valence-corrected chi connectivity index (χ1v) is 10.6. The molecule has 0 fully saturated rings. The van der Waals surface area contributed by atoms with Gasteiger partial charge in [0.2, 0.25) is 0 Å². The Morgan fingerprint density at radius 1 is 0.794 bits per heavy atom. The Kier molecular flexibility index (Phi) is 6.15. The van der Waals surface area contributed by atoms with E-state index in [9.17, 15) is 14.4 Å². The molecule has 3 aromatic rings. The van der Waals surface area contributed by atoms with E-state index >= 15 is 0 Å². The molecule has 0 saturated carbocycles. The highest BCUT2D eigenvalue weighted by Crippen LogP contribution is 2.46. The molecule has 1 atom stereocenters. The molecule has 0 aromatic heterocycles. The van der Waals surface area contributed by atoms with Crippen molar-refractivity contribution in [2.24, 2.45) is 0 Å². The van der Waals surface area contributed by atoms with Crippen LogP contribution in [0.3, 0.4) is 0 Å². The third kappa shape index (κ3) is 4.38. The third-order valence-corrected chi connectivity index (χ3v) is 5.58. The van der Waals surface area contributed by atoms with Crippen LogP contribution in [0, 0.1) is 0 Å². The fourth-order valence-corrected chi connectivity index (χ4v) is 3.83. The van der Waals surface area contributed by atoms with Gasteiger partial charge in [-0.1, -0.05) is 32.2 Å². The molecule has 0 amide bonds. The predicted molar refractivity (Wildman–Crippen MR) is 127 cm³/mol. The van der Waals surface area contributed by atoms with Gasteiger partial charge in [-0.25, -0.2) is 14.4 Å². The SMILES string of the molecule is C=COC(=O)c1ccc2c(c1)C(C)c1cc(OC(=O)c3ccc(OC(=O)C(=C)C)cc3)ccc1-2. The predicted octanol–water partition coefficient (Wildman–Crippen LogP) is 5.82. The van der Waals surface area contributed by atoms with Gasteiger partial charge in [0.25, 0.3) is 0 Å². The lowest BCUT2D eigenvalue weighted by molar-refractivity contribution is -0.130. The molecule has 0 heterocycles. The van der Waals surface area contributed by atoms with Gasteiger partial charge in [0.1, 0.15) is 11.5 Å². The quantitative estimate of drug-likeness (QED) is 0.202. The van der Waals surface area contributed by atoms with Crippen LogP contribution in [0.4, 0.5) is 0 Å². The molecule has 0 radical (unpaired) electrons. The highest BCUT2D eigenvalue weighted by atomic mass is 16.5. The topological polar surface area (TPSA) is 78.9 Å². The van der Waals surface area contributed by atoms with Crippen LogP contribution in [0.5, 0.6) is 11.5 Å². The summed E-state index contributed by atoms with van der Waals surface area (Å²) in [5, 5.41) is 0. The van der Waals surface area contributed by atoms with Crippen molar-refractivity contribution in [3.63, 3.8) is 0 Å². The van der Waals surface area contributed by atoms with Crippen molar-refractivity contribution in [2.45, 2.75) is 19.8 Å². The summed E-state index contributed by atoms with van der Waals surface area (Å²) in [6, 6.07) is 17.0. The Morgan fingerprint density at radius 3 is 2.03 bits per heavy atom. The van der Waals surface area contributed by atoms with E-state index in [1.807, 2.05) is 31.2 Å². The van der Waals surface area contributed by atoms with Crippen molar-refractivity contribution in [1.29, 1.82) is 0 Å². The molecule has 1 unspecified atom stereocenters. The monoisotopic (exact) mass is 454 g/mol. The zero-order valence-corrected chi connectivity index (χ0v) is 18.8. The van der Waals surface area contributed by atoms with E-state index in [4.69, 9.17) is 14.2 Å². The molecular formula is C28H22O6. The van der Waals surface area contributed by atoms with Crippen molar-refractivity contribution in [2.75, 3.05) is 0 Å². The molecule has 0 saturated heterocycles. The van der Waals surface area contributed by atoms with Crippen molar-refractivity contribution in [3.8, 4) is 22.6 Å². The molecule has 3 aromatic carbocycles. The standard InChI is InChI=1S/C28H22O6/c1-5-32-27(30)19-8-12-22-23-13-11-21(15-25(23)17(4)24(22)14-19)34-28(31)18-6-9-20(10-7-18)33-26(29)16(2)3/h5-15,17H,1-2H2,3-4H3. The molecule has 4 rings (SSSR count). The lowest BCUT2D eigenvalue weighted by Gasteiger charge is -2.10. The van der Waals surface area contributed by atoms with Gasteiger partial charge in [0, 0.05) is 11.5 Å². The second-order valence-corrected chi connectivity index (χ2v) is 7.93. The largest absolute Gasteiger partial charge is 0.432 e. The van der Waals surface area contributed by atoms with Gasteiger partial charge in [-0.3, -0.25) is 0 Å². The maximum absolute atomic E-state index is 12.6. The summed E-state index contributed by atoms with van der Waals surface area (Å²) in [4.78, 5) is 36.3. The smallest absolute Gasteiger partial charge is 0.343 e. The number of ether oxygens (including phenoxy) is 3. The van der Waals surface area contributed by atoms with Crippen molar-refractivity contribution >= 4 is 17.9 Å². The van der Waals surface area contributed by atoms with Crippen LogP contribution in [0.2, 0.25) is 0 Å². The van der Waals surface area contributed by atoms with Gasteiger partial charge in [-0.05, 0) is 77.7 Å². The number of carbonyl (C=O) groups excluding carboxylic acids is 3. The molecule has 170 valence electrons. The van der Waals surface area contributed by atoms with E-state index < -0.39 is 17.9 Å². The molecular weight excluding hydrogens is 432 g/mol. The summed E-state index contributed by atoms with van der Waals surface area (Å²) in [5.74, 6) is -0.806. The second-order valence-electron chi connectivity index (χ2n) is 7.93. The van der Waals surface area contributed by atoms with E-state index in [0.29, 0.717) is 22.6 Å². The summed E-state index contributed by atoms with van der Waals surface area (Å²) < 4.78 is 15.6. The Labute approximate surface area is 197 Å². The van der Waals surface area contributed by atoms with Crippen molar-refractivity contribution in [1.82, 2.24) is 0 Å². The van der Waals surface area contributed by atoms with Gasteiger partial charge in [0.15, 0.2) is 0 Å². The van der Waals surface area contributed by atoms with Crippen LogP contribution in [0.25, 0.3) is 11.1 Å². The van der Waals surface area contributed by atoms with E-state index in [1.54, 1.807) is 19.1 Å². The van der Waals surface area contributed by atoms with Gasteiger partial charge in [0.05, 0.1) is 17.4 Å². The molecule has 1 aliphatic carbocycles. The molecule has 6 heteroatoms. The number of hydrogen-bond acceptors (Lipinski definition) is 6. The van der Waals surface area contributed by atoms with E-state index in [1.165, 1.54) is 24.3 Å². The molecule has 0 spiro atoms. The fraction of sp³-hybridized carbons (Fsp3) is 0.107. The number of hydrogen-bond donors (Lipinski definition) is 0. The first-order valence-electron chi connectivity index (χ1n) is 10.6. The Bertz CT molecular complexity index is 1330. The van der Waals surface area contributed by atoms with Crippen LogP contribution >= 0.6 is 0 Å². The number of esters is 3. The minimum Gasteiger partial charge on any atom is -0.432 e. The first-order chi connectivity index (χ1) is 16.3. The summed E-state index contributed by atoms with van der Waals surface area (Å²) in [6.07, 6.45) is 1.11. The van der Waals surface area contributed by atoms with Gasteiger partial charge in [-0.15, -0.1) is 0 Å². The third-order valence-electron chi connectivity index (χ3n) is 5.58. The Morgan fingerprint density at radius 2 is 1.38 bits per heavy atom. The van der Waals surface area contributed by atoms with Crippen molar-refractivity contribution in [3.05, 3.63) is 108 Å². The van der Waals surface area contributed by atoms with Gasteiger partial charge >= 0.3 is 17.9 Å². The minimum absolute atomic E-state index is 0.00224. The highest BCUT2D eigenvalue weighted by Gasteiger charge is 2.27. The zero-order valence-electron chi connectivity index (χ0n) is 18.8. The maximum atomic E-state index is 12.6. The van der Waals surface area contributed by atoms with Crippen LogP contribution in [-0.4, -0.2) is 17.9 Å². The summed E-state index contributed by atoms with van der Waals surface area (Å²) in [7, 11) is 0. The number of benzene rings is 3. The average molecular weight is 454 g/mol. The van der Waals surface area contributed by atoms with Gasteiger partial charge in [-0.2, -0.15) is 0 Å². The molecule has 0 N–H and O–H groups in total. The van der Waals surface area contributed by atoms with Crippen LogP contribution in [0.15, 0.2) is 85.7 Å². The first kappa shape index (κ1) is 22.7. The highest BCUT2D eigenvalue weighted by molar-refractivity contribution is 5.93. The summed E-state index contributed by atoms with van der Waals surface area (Å²) in [6.45, 7) is 10.5. The molecule has 0 aliphatic heterocycles. The summed E-state index contributed by atoms with van der Waals surface area (Å²) in [5.41, 5.74) is 5.09.